The molecule has 0 spiro atoms. The molecule has 1 saturated heterocycles. The van der Waals surface area contributed by atoms with Gasteiger partial charge in [0.1, 0.15) is 17.0 Å². The van der Waals surface area contributed by atoms with Gasteiger partial charge in [0, 0.05) is 11.6 Å². The molecule has 26 heavy (non-hydrogen) atoms. The lowest BCUT2D eigenvalue weighted by Crippen LogP contribution is -2.31. The van der Waals surface area contributed by atoms with Crippen LogP contribution in [0, 0.1) is 0 Å². The first-order chi connectivity index (χ1) is 12.8. The molecule has 0 aliphatic carbocycles. The van der Waals surface area contributed by atoms with Crippen molar-refractivity contribution in [3.8, 4) is 5.75 Å². The van der Waals surface area contributed by atoms with Gasteiger partial charge in [-0.05, 0) is 50.2 Å². The molecular formula is C18H20N6O2. The van der Waals surface area contributed by atoms with Crippen molar-refractivity contribution in [2.75, 3.05) is 25.5 Å². The molecule has 0 radical (unpaired) electrons. The van der Waals surface area contributed by atoms with Crippen molar-refractivity contribution in [3.63, 3.8) is 0 Å². The molecule has 0 atom stereocenters. The van der Waals surface area contributed by atoms with Crippen LogP contribution in [0.4, 0.5) is 5.69 Å². The first kappa shape index (κ1) is 16.5. The third kappa shape index (κ3) is 2.99. The summed E-state index contributed by atoms with van der Waals surface area (Å²) in [6.45, 7) is 1.83. The highest BCUT2D eigenvalue weighted by Crippen LogP contribution is 2.30. The second-order valence-corrected chi connectivity index (χ2v) is 6.21. The minimum absolute atomic E-state index is 0.189. The Morgan fingerprint density at radius 2 is 2.15 bits per heavy atom. The summed E-state index contributed by atoms with van der Waals surface area (Å²) in [6, 6.07) is 7.54. The normalized spacial score (nSPS) is 15.1. The molecule has 1 aromatic carbocycles. The molecule has 4 rings (SSSR count). The van der Waals surface area contributed by atoms with Crippen molar-refractivity contribution in [3.05, 3.63) is 42.4 Å². The number of ether oxygens (including phenoxy) is 1. The number of piperidine rings is 1. The van der Waals surface area contributed by atoms with E-state index in [4.69, 9.17) is 4.74 Å². The first-order valence-electron chi connectivity index (χ1n) is 8.62. The molecule has 0 saturated carbocycles. The van der Waals surface area contributed by atoms with Crippen LogP contribution < -0.4 is 15.4 Å². The molecule has 8 nitrogen and oxygen atoms in total. The molecule has 1 fully saturated rings. The number of fused-ring (bicyclic) bond motifs is 1. The number of pyridine rings is 1. The number of amides is 1. The number of hydrogen-bond donors (Lipinski definition) is 2. The van der Waals surface area contributed by atoms with Gasteiger partial charge < -0.3 is 15.4 Å². The van der Waals surface area contributed by atoms with Gasteiger partial charge in [0.2, 0.25) is 0 Å². The van der Waals surface area contributed by atoms with Crippen LogP contribution in [0.1, 0.15) is 29.4 Å². The van der Waals surface area contributed by atoms with E-state index in [1.807, 2.05) is 18.2 Å². The Morgan fingerprint density at radius 3 is 2.96 bits per heavy atom. The summed E-state index contributed by atoms with van der Waals surface area (Å²) < 4.78 is 7.09. The number of benzene rings is 1. The third-order valence-corrected chi connectivity index (χ3v) is 4.66. The maximum atomic E-state index is 12.9. The zero-order chi connectivity index (χ0) is 17.9. The number of carbonyl (C=O) groups excluding carboxylic acids is 1. The lowest BCUT2D eigenvalue weighted by molar-refractivity contribution is 0.101. The zero-order valence-electron chi connectivity index (χ0n) is 14.5. The molecule has 134 valence electrons. The van der Waals surface area contributed by atoms with Crippen LogP contribution in [-0.2, 0) is 0 Å². The number of rotatable bonds is 4. The minimum atomic E-state index is -0.233. The Bertz CT molecular complexity index is 932. The average Bonchev–Trinajstić information content (AvgIpc) is 3.19. The Balaban J connectivity index is 1.64. The highest BCUT2D eigenvalue weighted by atomic mass is 16.5. The summed E-state index contributed by atoms with van der Waals surface area (Å²) in [7, 11) is 1.60. The number of aromatic nitrogens is 4. The van der Waals surface area contributed by atoms with E-state index in [0.717, 1.165) is 31.3 Å². The van der Waals surface area contributed by atoms with Crippen LogP contribution in [-0.4, -0.2) is 46.1 Å². The third-order valence-electron chi connectivity index (χ3n) is 4.66. The largest absolute Gasteiger partial charge is 0.494 e. The van der Waals surface area contributed by atoms with E-state index >= 15 is 0 Å². The van der Waals surface area contributed by atoms with Crippen molar-refractivity contribution in [2.45, 2.75) is 18.9 Å². The van der Waals surface area contributed by atoms with Gasteiger partial charge in [0.05, 0.1) is 25.0 Å². The Kier molecular flexibility index (Phi) is 4.49. The smallest absolute Gasteiger partial charge is 0.275 e. The van der Waals surface area contributed by atoms with Gasteiger partial charge in [0.15, 0.2) is 0 Å². The summed E-state index contributed by atoms with van der Waals surface area (Å²) in [5.74, 6) is 0.434. The van der Waals surface area contributed by atoms with Crippen molar-refractivity contribution in [1.82, 2.24) is 25.3 Å². The Labute approximate surface area is 150 Å². The van der Waals surface area contributed by atoms with Gasteiger partial charge in [-0.25, -0.2) is 4.68 Å². The van der Waals surface area contributed by atoms with Gasteiger partial charge in [-0.3, -0.25) is 9.78 Å². The number of carbonyl (C=O) groups is 1. The second kappa shape index (κ2) is 7.09. The Morgan fingerprint density at radius 1 is 1.31 bits per heavy atom. The van der Waals surface area contributed by atoms with E-state index in [1.54, 1.807) is 24.1 Å². The number of nitrogens with zero attached hydrogens (tertiary/aromatic N) is 4. The lowest BCUT2D eigenvalue weighted by Gasteiger charge is -2.23. The van der Waals surface area contributed by atoms with E-state index in [9.17, 15) is 4.79 Å². The van der Waals surface area contributed by atoms with Gasteiger partial charge >= 0.3 is 0 Å². The van der Waals surface area contributed by atoms with Crippen LogP contribution >= 0.6 is 0 Å². The molecule has 3 aromatic rings. The molecule has 1 aliphatic rings. The van der Waals surface area contributed by atoms with E-state index in [1.165, 1.54) is 6.20 Å². The predicted molar refractivity (Wildman–Crippen MR) is 97.4 cm³/mol. The summed E-state index contributed by atoms with van der Waals surface area (Å²) >= 11 is 0. The van der Waals surface area contributed by atoms with E-state index in [-0.39, 0.29) is 11.9 Å². The summed E-state index contributed by atoms with van der Waals surface area (Å²) in [5, 5.41) is 15.2. The molecule has 2 N–H and O–H groups in total. The summed E-state index contributed by atoms with van der Waals surface area (Å²) in [6.07, 6.45) is 5.08. The molecule has 3 heterocycles. The monoisotopic (exact) mass is 352 g/mol. The van der Waals surface area contributed by atoms with E-state index in [0.29, 0.717) is 22.6 Å². The van der Waals surface area contributed by atoms with E-state index < -0.39 is 0 Å². The van der Waals surface area contributed by atoms with Crippen LogP contribution in [0.5, 0.6) is 5.75 Å². The van der Waals surface area contributed by atoms with Crippen LogP contribution in [0.15, 0.2) is 36.7 Å². The lowest BCUT2D eigenvalue weighted by atomic mass is 10.1. The summed E-state index contributed by atoms with van der Waals surface area (Å²) in [5.41, 5.74) is 1.85. The van der Waals surface area contributed by atoms with Gasteiger partial charge in [-0.1, -0.05) is 5.21 Å². The number of anilines is 1. The van der Waals surface area contributed by atoms with Crippen molar-refractivity contribution >= 4 is 22.5 Å². The van der Waals surface area contributed by atoms with Crippen molar-refractivity contribution in [2.24, 2.45) is 0 Å². The van der Waals surface area contributed by atoms with Crippen LogP contribution in [0.25, 0.3) is 10.9 Å². The maximum absolute atomic E-state index is 12.9. The fraction of sp³-hybridized carbons (Fsp3) is 0.333. The van der Waals surface area contributed by atoms with Gasteiger partial charge in [0.25, 0.3) is 5.91 Å². The standard InChI is InChI=1S/C18H20N6O2/c1-26-16-5-4-14(13-3-2-8-20-17(13)16)22-18(25)15-11-21-23-24(15)12-6-9-19-10-7-12/h2-5,8,11-12,19H,6-7,9-10H2,1H3,(H,22,25). The minimum Gasteiger partial charge on any atom is -0.494 e. The van der Waals surface area contributed by atoms with Crippen LogP contribution in [0.2, 0.25) is 0 Å². The average molecular weight is 352 g/mol. The van der Waals surface area contributed by atoms with Crippen molar-refractivity contribution < 1.29 is 9.53 Å². The molecule has 8 heteroatoms. The zero-order valence-corrected chi connectivity index (χ0v) is 14.5. The molecule has 1 amide bonds. The maximum Gasteiger partial charge on any atom is 0.275 e. The second-order valence-electron chi connectivity index (χ2n) is 6.21. The Hall–Kier alpha value is -3.00. The van der Waals surface area contributed by atoms with E-state index in [2.05, 4.69) is 25.9 Å². The van der Waals surface area contributed by atoms with Crippen LogP contribution in [0.3, 0.4) is 0 Å². The molecule has 1 aliphatic heterocycles. The van der Waals surface area contributed by atoms with Gasteiger partial charge in [-0.15, -0.1) is 5.10 Å². The topological polar surface area (TPSA) is 94.0 Å². The molecule has 0 unspecified atom stereocenters. The van der Waals surface area contributed by atoms with Crippen molar-refractivity contribution in [1.29, 1.82) is 0 Å². The SMILES string of the molecule is COc1ccc(NC(=O)c2cnnn2C2CCNCC2)c2cccnc12. The summed E-state index contributed by atoms with van der Waals surface area (Å²) in [4.78, 5) is 17.2. The fourth-order valence-corrected chi connectivity index (χ4v) is 3.33. The highest BCUT2D eigenvalue weighted by Gasteiger charge is 2.22. The predicted octanol–water partition coefficient (Wildman–Crippen LogP) is 2.01. The fourth-order valence-electron chi connectivity index (χ4n) is 3.33. The molecule has 0 bridgehead atoms. The number of hydrogen-bond acceptors (Lipinski definition) is 6. The number of nitrogens with one attached hydrogen (secondary N) is 2. The highest BCUT2D eigenvalue weighted by molar-refractivity contribution is 6.08. The van der Waals surface area contributed by atoms with Gasteiger partial charge in [-0.2, -0.15) is 0 Å². The molecular weight excluding hydrogens is 332 g/mol. The number of methoxy groups -OCH3 is 1. The first-order valence-corrected chi connectivity index (χ1v) is 8.62. The quantitative estimate of drug-likeness (QED) is 0.746. The molecule has 2 aromatic heterocycles.